The average Bonchev–Trinajstić information content (AvgIpc) is 3.36. The molecule has 1 amide bonds. The van der Waals surface area contributed by atoms with Gasteiger partial charge in [-0.25, -0.2) is 8.42 Å². The van der Waals surface area contributed by atoms with Crippen LogP contribution >= 0.6 is 0 Å². The molecular weight excluding hydrogens is 468 g/mol. The van der Waals surface area contributed by atoms with E-state index in [0.29, 0.717) is 58.2 Å². The van der Waals surface area contributed by atoms with Crippen LogP contribution in [0.15, 0.2) is 41.3 Å². The minimum absolute atomic E-state index is 0.101. The van der Waals surface area contributed by atoms with Gasteiger partial charge in [-0.15, -0.1) is 0 Å². The highest BCUT2D eigenvalue weighted by Gasteiger charge is 2.44. The molecule has 3 aliphatic heterocycles. The van der Waals surface area contributed by atoms with E-state index in [1.165, 1.54) is 15.9 Å². The summed E-state index contributed by atoms with van der Waals surface area (Å²) < 4.78 is 44.7. The quantitative estimate of drug-likeness (QED) is 0.647. The van der Waals surface area contributed by atoms with Crippen molar-refractivity contribution in [3.8, 4) is 11.5 Å². The first kappa shape index (κ1) is 22.8. The summed E-state index contributed by atoms with van der Waals surface area (Å²) in [5.41, 5.74) is 2.66. The first-order chi connectivity index (χ1) is 17.0. The Balaban J connectivity index is 1.32. The number of hydrogen-bond donors (Lipinski definition) is 0. The Hall–Kier alpha value is -2.62. The molecule has 1 saturated heterocycles. The standard InChI is InChI=1S/C26H30N2O6S/c29-25(19-4-3-5-21(14-19)35(30,31)28-8-10-32-11-9-28)27-17-20-15-23-24(34-13-12-33-23)16-22(20)26(18-27)6-1-2-7-26/h3-5,14-16H,1-2,6-13,17-18H2. The van der Waals surface area contributed by atoms with E-state index < -0.39 is 10.0 Å². The number of rotatable bonds is 3. The molecule has 9 heteroatoms. The Morgan fingerprint density at radius 2 is 1.63 bits per heavy atom. The van der Waals surface area contributed by atoms with Crippen LogP contribution in [0.5, 0.6) is 11.5 Å². The van der Waals surface area contributed by atoms with E-state index in [1.807, 2.05) is 11.0 Å². The van der Waals surface area contributed by atoms with Gasteiger partial charge in [0.05, 0.1) is 18.1 Å². The zero-order valence-corrected chi connectivity index (χ0v) is 20.5. The molecule has 2 aromatic rings. The number of sulfonamides is 1. The summed E-state index contributed by atoms with van der Waals surface area (Å²) in [6, 6.07) is 10.6. The van der Waals surface area contributed by atoms with Crippen LogP contribution in [0.25, 0.3) is 0 Å². The predicted molar refractivity (Wildman–Crippen MR) is 128 cm³/mol. The smallest absolute Gasteiger partial charge is 0.254 e. The van der Waals surface area contributed by atoms with Crippen molar-refractivity contribution in [3.05, 3.63) is 53.1 Å². The molecule has 1 saturated carbocycles. The maximum Gasteiger partial charge on any atom is 0.254 e. The van der Waals surface area contributed by atoms with Crippen molar-refractivity contribution in [2.24, 2.45) is 0 Å². The summed E-state index contributed by atoms with van der Waals surface area (Å²) in [5.74, 6) is 1.38. The molecule has 8 nitrogen and oxygen atoms in total. The maximum atomic E-state index is 13.7. The minimum atomic E-state index is -3.68. The molecule has 35 heavy (non-hydrogen) atoms. The molecule has 0 N–H and O–H groups in total. The lowest BCUT2D eigenvalue weighted by molar-refractivity contribution is 0.0668. The normalized spacial score (nSPS) is 21.7. The van der Waals surface area contributed by atoms with Gasteiger partial charge in [0.15, 0.2) is 11.5 Å². The van der Waals surface area contributed by atoms with Gasteiger partial charge in [-0.2, -0.15) is 4.31 Å². The fourth-order valence-corrected chi connectivity index (χ4v) is 7.45. The molecular formula is C26H30N2O6S. The molecule has 3 heterocycles. The zero-order valence-electron chi connectivity index (χ0n) is 19.7. The van der Waals surface area contributed by atoms with Crippen molar-refractivity contribution in [1.29, 1.82) is 0 Å². The van der Waals surface area contributed by atoms with Crippen LogP contribution in [0.2, 0.25) is 0 Å². The molecule has 4 aliphatic rings. The first-order valence-corrected chi connectivity index (χ1v) is 13.8. The number of fused-ring (bicyclic) bond motifs is 3. The monoisotopic (exact) mass is 498 g/mol. The minimum Gasteiger partial charge on any atom is -0.486 e. The molecule has 1 aliphatic carbocycles. The van der Waals surface area contributed by atoms with Gasteiger partial charge in [0.2, 0.25) is 10.0 Å². The summed E-state index contributed by atoms with van der Waals surface area (Å²) in [7, 11) is -3.68. The molecule has 1 spiro atoms. The fourth-order valence-electron chi connectivity index (χ4n) is 6.00. The van der Waals surface area contributed by atoms with E-state index in [9.17, 15) is 13.2 Å². The number of benzene rings is 2. The Bertz CT molecular complexity index is 1250. The number of carbonyl (C=O) groups excluding carboxylic acids is 1. The molecule has 186 valence electrons. The molecule has 6 rings (SSSR count). The molecule has 0 atom stereocenters. The molecule has 2 fully saturated rings. The Labute approximate surface area is 205 Å². The van der Waals surface area contributed by atoms with Gasteiger partial charge in [-0.3, -0.25) is 4.79 Å². The number of hydrogen-bond acceptors (Lipinski definition) is 6. The molecule has 0 bridgehead atoms. The summed E-state index contributed by atoms with van der Waals surface area (Å²) in [6.45, 7) is 3.56. The third-order valence-electron chi connectivity index (χ3n) is 7.73. The van der Waals surface area contributed by atoms with E-state index in [0.717, 1.165) is 42.7 Å². The third kappa shape index (κ3) is 3.99. The fraction of sp³-hybridized carbons (Fsp3) is 0.500. The number of amides is 1. The lowest BCUT2D eigenvalue weighted by atomic mass is 9.73. The van der Waals surface area contributed by atoms with Gasteiger partial charge in [0.1, 0.15) is 13.2 Å². The van der Waals surface area contributed by atoms with Crippen molar-refractivity contribution in [1.82, 2.24) is 9.21 Å². The maximum absolute atomic E-state index is 13.7. The van der Waals surface area contributed by atoms with E-state index in [1.54, 1.807) is 18.2 Å². The van der Waals surface area contributed by atoms with Gasteiger partial charge in [0.25, 0.3) is 5.91 Å². The Kier molecular flexibility index (Phi) is 5.74. The summed E-state index contributed by atoms with van der Waals surface area (Å²) in [6.07, 6.45) is 4.30. The number of nitrogens with zero attached hydrogens (tertiary/aromatic N) is 2. The molecule has 0 aromatic heterocycles. The van der Waals surface area contributed by atoms with Gasteiger partial charge in [-0.1, -0.05) is 18.9 Å². The van der Waals surface area contributed by atoms with Crippen molar-refractivity contribution >= 4 is 15.9 Å². The van der Waals surface area contributed by atoms with E-state index in [2.05, 4.69) is 6.07 Å². The molecule has 0 unspecified atom stereocenters. The van der Waals surface area contributed by atoms with E-state index in [-0.39, 0.29) is 16.2 Å². The Morgan fingerprint density at radius 3 is 2.37 bits per heavy atom. The van der Waals surface area contributed by atoms with Crippen LogP contribution in [0.4, 0.5) is 0 Å². The summed E-state index contributed by atoms with van der Waals surface area (Å²) >= 11 is 0. The number of morpholine rings is 1. The Morgan fingerprint density at radius 1 is 0.914 bits per heavy atom. The van der Waals surface area contributed by atoms with Crippen molar-refractivity contribution in [3.63, 3.8) is 0 Å². The number of carbonyl (C=O) groups is 1. The van der Waals surface area contributed by atoms with Crippen LogP contribution in [0.3, 0.4) is 0 Å². The average molecular weight is 499 g/mol. The highest BCUT2D eigenvalue weighted by Crippen LogP contribution is 2.49. The van der Waals surface area contributed by atoms with Gasteiger partial charge >= 0.3 is 0 Å². The highest BCUT2D eigenvalue weighted by atomic mass is 32.2. The summed E-state index contributed by atoms with van der Waals surface area (Å²) in [4.78, 5) is 15.8. The van der Waals surface area contributed by atoms with Crippen molar-refractivity contribution in [2.75, 3.05) is 46.1 Å². The summed E-state index contributed by atoms with van der Waals surface area (Å²) in [5, 5.41) is 0. The second-order valence-electron chi connectivity index (χ2n) is 9.85. The van der Waals surface area contributed by atoms with Gasteiger partial charge in [-0.05, 0) is 54.3 Å². The SMILES string of the molecule is O=C(c1cccc(S(=O)(=O)N2CCOCC2)c1)N1Cc2cc3c(cc2C2(CCCC2)C1)OCCO3. The van der Waals surface area contributed by atoms with Gasteiger partial charge in [0, 0.05) is 37.2 Å². The van der Waals surface area contributed by atoms with Gasteiger partial charge < -0.3 is 19.1 Å². The highest BCUT2D eigenvalue weighted by molar-refractivity contribution is 7.89. The van der Waals surface area contributed by atoms with Crippen molar-refractivity contribution in [2.45, 2.75) is 42.5 Å². The largest absolute Gasteiger partial charge is 0.486 e. The lowest BCUT2D eigenvalue weighted by Crippen LogP contribution is -2.47. The van der Waals surface area contributed by atoms with Crippen LogP contribution in [-0.2, 0) is 26.7 Å². The second kappa shape index (κ2) is 8.80. The van der Waals surface area contributed by atoms with Crippen molar-refractivity contribution < 1.29 is 27.4 Å². The third-order valence-corrected chi connectivity index (χ3v) is 9.63. The second-order valence-corrected chi connectivity index (χ2v) is 11.8. The number of ether oxygens (including phenoxy) is 3. The first-order valence-electron chi connectivity index (χ1n) is 12.4. The topological polar surface area (TPSA) is 85.4 Å². The predicted octanol–water partition coefficient (Wildman–Crippen LogP) is 2.95. The van der Waals surface area contributed by atoms with Crippen LogP contribution < -0.4 is 9.47 Å². The lowest BCUT2D eigenvalue weighted by Gasteiger charge is -2.43. The molecule has 2 aromatic carbocycles. The van der Waals surface area contributed by atoms with Crippen LogP contribution in [-0.4, -0.2) is 69.6 Å². The van der Waals surface area contributed by atoms with Crippen LogP contribution in [0.1, 0.15) is 47.2 Å². The van der Waals surface area contributed by atoms with E-state index in [4.69, 9.17) is 14.2 Å². The molecule has 0 radical (unpaired) electrons. The van der Waals surface area contributed by atoms with E-state index >= 15 is 0 Å². The zero-order chi connectivity index (χ0) is 24.0. The van der Waals surface area contributed by atoms with Crippen LogP contribution in [0, 0.1) is 0 Å².